The molecule has 5 aromatic rings. The van der Waals surface area contributed by atoms with Gasteiger partial charge in [0.15, 0.2) is 0 Å². The van der Waals surface area contributed by atoms with E-state index in [4.69, 9.17) is 4.98 Å². The Bertz CT molecular complexity index is 1260. The average molecular weight is 383 g/mol. The Kier molecular flexibility index (Phi) is 4.93. The molecule has 0 N–H and O–H groups in total. The zero-order valence-electron chi connectivity index (χ0n) is 16.6. The van der Waals surface area contributed by atoms with Gasteiger partial charge in [-0.05, 0) is 40.5 Å². The Morgan fingerprint density at radius 3 is 1.43 bits per heavy atom. The zero-order chi connectivity index (χ0) is 20.2. The molecule has 0 aliphatic carbocycles. The summed E-state index contributed by atoms with van der Waals surface area (Å²) >= 11 is 0. The predicted molar refractivity (Wildman–Crippen MR) is 126 cm³/mol. The summed E-state index contributed by atoms with van der Waals surface area (Å²) in [5.74, 6) is 0. The van der Waals surface area contributed by atoms with Gasteiger partial charge in [0, 0.05) is 11.1 Å². The highest BCUT2D eigenvalue weighted by atomic mass is 14.7. The summed E-state index contributed by atoms with van der Waals surface area (Å²) in [5, 5.41) is 0. The maximum absolute atomic E-state index is 4.95. The van der Waals surface area contributed by atoms with Crippen LogP contribution in [0.25, 0.3) is 44.8 Å². The third-order valence-electron chi connectivity index (χ3n) is 5.30. The van der Waals surface area contributed by atoms with E-state index in [9.17, 15) is 0 Å². The molecule has 0 spiro atoms. The molecule has 0 aliphatic rings. The van der Waals surface area contributed by atoms with E-state index in [1.54, 1.807) is 0 Å². The van der Waals surface area contributed by atoms with Crippen LogP contribution in [0.2, 0.25) is 0 Å². The van der Waals surface area contributed by atoms with E-state index in [1.807, 2.05) is 18.2 Å². The number of benzene rings is 4. The highest BCUT2D eigenvalue weighted by molar-refractivity contribution is 5.86. The van der Waals surface area contributed by atoms with Crippen LogP contribution in [0.1, 0.15) is 0 Å². The smallest absolute Gasteiger partial charge is 0.0709 e. The molecule has 0 bridgehead atoms. The molecule has 0 unspecified atom stereocenters. The third kappa shape index (κ3) is 3.66. The lowest BCUT2D eigenvalue weighted by atomic mass is 9.92. The molecule has 1 heteroatoms. The average Bonchev–Trinajstić information content (AvgIpc) is 2.85. The third-order valence-corrected chi connectivity index (χ3v) is 5.30. The summed E-state index contributed by atoms with van der Waals surface area (Å²) in [7, 11) is 0. The van der Waals surface area contributed by atoms with Crippen molar-refractivity contribution in [1.82, 2.24) is 4.98 Å². The number of pyridine rings is 1. The van der Waals surface area contributed by atoms with Crippen LogP contribution in [-0.2, 0) is 0 Å². The van der Waals surface area contributed by atoms with Crippen molar-refractivity contribution in [1.29, 1.82) is 0 Å². The Morgan fingerprint density at radius 1 is 0.333 bits per heavy atom. The van der Waals surface area contributed by atoms with E-state index < -0.39 is 0 Å². The first kappa shape index (κ1) is 18.1. The topological polar surface area (TPSA) is 12.9 Å². The van der Waals surface area contributed by atoms with E-state index >= 15 is 0 Å². The maximum Gasteiger partial charge on any atom is 0.0709 e. The molecule has 0 saturated carbocycles. The molecule has 0 saturated heterocycles. The van der Waals surface area contributed by atoms with Crippen LogP contribution < -0.4 is 0 Å². The number of hydrogen-bond donors (Lipinski definition) is 0. The van der Waals surface area contributed by atoms with Gasteiger partial charge in [-0.1, -0.05) is 109 Å². The van der Waals surface area contributed by atoms with E-state index in [2.05, 4.69) is 109 Å². The van der Waals surface area contributed by atoms with Crippen LogP contribution in [0.3, 0.4) is 0 Å². The van der Waals surface area contributed by atoms with Gasteiger partial charge in [0.1, 0.15) is 0 Å². The summed E-state index contributed by atoms with van der Waals surface area (Å²) in [6.07, 6.45) is 0. The normalized spacial score (nSPS) is 10.7. The van der Waals surface area contributed by atoms with E-state index in [0.717, 1.165) is 22.5 Å². The van der Waals surface area contributed by atoms with Crippen molar-refractivity contribution in [3.63, 3.8) is 0 Å². The molecule has 1 heterocycles. The van der Waals surface area contributed by atoms with E-state index in [0.29, 0.717) is 0 Å². The molecule has 1 nitrogen and oxygen atoms in total. The van der Waals surface area contributed by atoms with Crippen LogP contribution in [0.5, 0.6) is 0 Å². The molecular formula is C29H21N. The summed E-state index contributed by atoms with van der Waals surface area (Å²) in [5.41, 5.74) is 9.08. The number of hydrogen-bond acceptors (Lipinski definition) is 1. The van der Waals surface area contributed by atoms with Crippen molar-refractivity contribution in [2.24, 2.45) is 0 Å². The maximum atomic E-state index is 4.95. The van der Waals surface area contributed by atoms with Crippen molar-refractivity contribution in [3.05, 3.63) is 127 Å². The molecule has 0 atom stereocenters. The van der Waals surface area contributed by atoms with Crippen molar-refractivity contribution in [3.8, 4) is 44.8 Å². The van der Waals surface area contributed by atoms with Crippen molar-refractivity contribution < 1.29 is 0 Å². The Balaban J connectivity index is 1.64. The summed E-state index contributed by atoms with van der Waals surface area (Å²) in [6.45, 7) is 0. The highest BCUT2D eigenvalue weighted by Crippen LogP contribution is 2.35. The fraction of sp³-hybridized carbons (Fsp3) is 0. The zero-order valence-corrected chi connectivity index (χ0v) is 16.6. The lowest BCUT2D eigenvalue weighted by molar-refractivity contribution is 1.32. The Labute approximate surface area is 177 Å². The van der Waals surface area contributed by atoms with Gasteiger partial charge < -0.3 is 0 Å². The molecular weight excluding hydrogens is 362 g/mol. The van der Waals surface area contributed by atoms with Crippen LogP contribution in [0, 0.1) is 0 Å². The Hall–Kier alpha value is -3.97. The van der Waals surface area contributed by atoms with Gasteiger partial charge in [0.05, 0.1) is 11.4 Å². The van der Waals surface area contributed by atoms with Crippen LogP contribution >= 0.6 is 0 Å². The van der Waals surface area contributed by atoms with Crippen LogP contribution in [0.15, 0.2) is 127 Å². The van der Waals surface area contributed by atoms with Crippen molar-refractivity contribution in [2.45, 2.75) is 0 Å². The van der Waals surface area contributed by atoms with Gasteiger partial charge in [-0.15, -0.1) is 0 Å². The lowest BCUT2D eigenvalue weighted by Gasteiger charge is -2.13. The van der Waals surface area contributed by atoms with Gasteiger partial charge in [-0.3, -0.25) is 0 Å². The Morgan fingerprint density at radius 2 is 0.833 bits per heavy atom. The van der Waals surface area contributed by atoms with Crippen LogP contribution in [0.4, 0.5) is 0 Å². The molecule has 1 aromatic heterocycles. The minimum Gasteiger partial charge on any atom is -0.248 e. The SMILES string of the molecule is c1ccc(-c2cccc(-c3ccc(-c4ccccc4)c(-c4ccccc4)c3)n2)cc1. The van der Waals surface area contributed by atoms with E-state index in [1.165, 1.54) is 22.3 Å². The van der Waals surface area contributed by atoms with Crippen LogP contribution in [-0.4, -0.2) is 4.98 Å². The van der Waals surface area contributed by atoms with Gasteiger partial charge in [0.2, 0.25) is 0 Å². The van der Waals surface area contributed by atoms with Gasteiger partial charge in [0.25, 0.3) is 0 Å². The number of aromatic nitrogens is 1. The summed E-state index contributed by atoms with van der Waals surface area (Å²) in [4.78, 5) is 4.95. The van der Waals surface area contributed by atoms with Gasteiger partial charge in [-0.25, -0.2) is 4.98 Å². The first-order chi connectivity index (χ1) is 14.9. The second kappa shape index (κ2) is 8.18. The molecule has 142 valence electrons. The van der Waals surface area contributed by atoms with Crippen molar-refractivity contribution >= 4 is 0 Å². The first-order valence-corrected chi connectivity index (χ1v) is 10.2. The molecule has 0 amide bonds. The summed E-state index contributed by atoms with van der Waals surface area (Å²) in [6, 6.07) is 44.3. The predicted octanol–water partition coefficient (Wildman–Crippen LogP) is 7.75. The van der Waals surface area contributed by atoms with Gasteiger partial charge in [-0.2, -0.15) is 0 Å². The summed E-state index contributed by atoms with van der Waals surface area (Å²) < 4.78 is 0. The first-order valence-electron chi connectivity index (χ1n) is 10.2. The fourth-order valence-electron chi connectivity index (χ4n) is 3.79. The minimum absolute atomic E-state index is 0.980. The second-order valence-corrected chi connectivity index (χ2v) is 7.27. The van der Waals surface area contributed by atoms with Gasteiger partial charge >= 0.3 is 0 Å². The molecule has 5 rings (SSSR count). The quantitative estimate of drug-likeness (QED) is 0.309. The fourth-order valence-corrected chi connectivity index (χ4v) is 3.79. The van der Waals surface area contributed by atoms with E-state index in [-0.39, 0.29) is 0 Å². The highest BCUT2D eigenvalue weighted by Gasteiger charge is 2.11. The standard InChI is InChI=1S/C29H21N/c1-4-11-22(12-5-1)26-20-19-25(21-27(26)23-13-6-2-7-14-23)29-18-10-17-28(30-29)24-15-8-3-9-16-24/h1-21H. The molecule has 4 aromatic carbocycles. The number of nitrogens with zero attached hydrogens (tertiary/aromatic N) is 1. The number of rotatable bonds is 4. The molecule has 0 radical (unpaired) electrons. The molecule has 30 heavy (non-hydrogen) atoms. The minimum atomic E-state index is 0.980. The molecule has 0 aliphatic heterocycles. The lowest BCUT2D eigenvalue weighted by Crippen LogP contribution is -1.90. The van der Waals surface area contributed by atoms with Crippen molar-refractivity contribution in [2.75, 3.05) is 0 Å². The molecule has 0 fully saturated rings. The second-order valence-electron chi connectivity index (χ2n) is 7.27. The monoisotopic (exact) mass is 383 g/mol. The largest absolute Gasteiger partial charge is 0.248 e.